The van der Waals surface area contributed by atoms with Gasteiger partial charge in [-0.3, -0.25) is 4.79 Å². The molecule has 0 saturated heterocycles. The van der Waals surface area contributed by atoms with Crippen molar-refractivity contribution in [1.29, 1.82) is 0 Å². The summed E-state index contributed by atoms with van der Waals surface area (Å²) in [5.41, 5.74) is -0.517. The highest BCUT2D eigenvalue weighted by atomic mass is 19.1. The van der Waals surface area contributed by atoms with Crippen LogP contribution in [0.2, 0.25) is 0 Å². The van der Waals surface area contributed by atoms with E-state index in [1.165, 1.54) is 18.2 Å². The topological polar surface area (TPSA) is 105 Å². The van der Waals surface area contributed by atoms with Crippen LogP contribution in [-0.4, -0.2) is 36.7 Å². The first kappa shape index (κ1) is 15.4. The normalized spacial score (nSPS) is 9.70. The predicted molar refractivity (Wildman–Crippen MR) is 67.0 cm³/mol. The maximum Gasteiger partial charge on any atom is 0.340 e. The molecule has 8 heteroatoms. The SMILES string of the molecule is COC(=O)c1cccc(NC(=O)NCCC(=O)O)c1F. The van der Waals surface area contributed by atoms with Gasteiger partial charge in [0.1, 0.15) is 0 Å². The van der Waals surface area contributed by atoms with Crippen LogP contribution in [-0.2, 0) is 9.53 Å². The number of carbonyl (C=O) groups is 3. The van der Waals surface area contributed by atoms with Gasteiger partial charge in [0.2, 0.25) is 0 Å². The van der Waals surface area contributed by atoms with Crippen molar-refractivity contribution in [2.45, 2.75) is 6.42 Å². The summed E-state index contributed by atoms with van der Waals surface area (Å²) in [6, 6.07) is 3.09. The smallest absolute Gasteiger partial charge is 0.340 e. The zero-order valence-corrected chi connectivity index (χ0v) is 10.6. The molecule has 20 heavy (non-hydrogen) atoms. The Labute approximate surface area is 113 Å². The van der Waals surface area contributed by atoms with E-state index < -0.39 is 23.8 Å². The minimum atomic E-state index is -1.07. The van der Waals surface area contributed by atoms with Crippen LogP contribution in [0.25, 0.3) is 0 Å². The molecule has 0 radical (unpaired) electrons. The maximum atomic E-state index is 13.9. The van der Waals surface area contributed by atoms with Crippen molar-refractivity contribution < 1.29 is 28.6 Å². The van der Waals surface area contributed by atoms with Gasteiger partial charge < -0.3 is 20.5 Å². The summed E-state index contributed by atoms with van der Waals surface area (Å²) in [6.07, 6.45) is -0.252. The Morgan fingerprint density at radius 2 is 2.05 bits per heavy atom. The second-order valence-corrected chi connectivity index (χ2v) is 3.68. The average Bonchev–Trinajstić information content (AvgIpc) is 2.40. The molecule has 3 N–H and O–H groups in total. The third kappa shape index (κ3) is 4.23. The Balaban J connectivity index is 2.70. The lowest BCUT2D eigenvalue weighted by atomic mass is 10.2. The summed E-state index contributed by atoms with van der Waals surface area (Å²) in [7, 11) is 1.11. The fourth-order valence-electron chi connectivity index (χ4n) is 1.35. The lowest BCUT2D eigenvalue weighted by molar-refractivity contribution is -0.136. The Morgan fingerprint density at radius 1 is 1.35 bits per heavy atom. The number of hydrogen-bond donors (Lipinski definition) is 3. The van der Waals surface area contributed by atoms with Crippen molar-refractivity contribution >= 4 is 23.7 Å². The van der Waals surface area contributed by atoms with Crippen molar-refractivity contribution in [3.63, 3.8) is 0 Å². The van der Waals surface area contributed by atoms with Crippen LogP contribution < -0.4 is 10.6 Å². The van der Waals surface area contributed by atoms with E-state index in [4.69, 9.17) is 5.11 Å². The highest BCUT2D eigenvalue weighted by Gasteiger charge is 2.16. The molecule has 0 aliphatic carbocycles. The molecule has 1 aromatic rings. The van der Waals surface area contributed by atoms with Gasteiger partial charge in [-0.1, -0.05) is 6.07 Å². The molecule has 0 atom stereocenters. The third-order valence-corrected chi connectivity index (χ3v) is 2.28. The van der Waals surface area contributed by atoms with E-state index in [2.05, 4.69) is 15.4 Å². The monoisotopic (exact) mass is 284 g/mol. The number of nitrogens with one attached hydrogen (secondary N) is 2. The summed E-state index contributed by atoms with van der Waals surface area (Å²) in [5, 5.41) is 12.8. The number of methoxy groups -OCH3 is 1. The number of benzene rings is 1. The Hall–Kier alpha value is -2.64. The molecule has 1 aromatic carbocycles. The minimum Gasteiger partial charge on any atom is -0.481 e. The molecule has 0 spiro atoms. The minimum absolute atomic E-state index is 0.0977. The molecule has 0 aliphatic rings. The molecule has 1 rings (SSSR count). The zero-order chi connectivity index (χ0) is 15.1. The van der Waals surface area contributed by atoms with Crippen molar-refractivity contribution in [3.8, 4) is 0 Å². The fourth-order valence-corrected chi connectivity index (χ4v) is 1.35. The van der Waals surface area contributed by atoms with Crippen LogP contribution in [0.15, 0.2) is 18.2 Å². The number of aliphatic carboxylic acids is 1. The lowest BCUT2D eigenvalue weighted by Crippen LogP contribution is -2.31. The van der Waals surface area contributed by atoms with Gasteiger partial charge in [0.25, 0.3) is 0 Å². The summed E-state index contributed by atoms with van der Waals surface area (Å²) in [5.74, 6) is -2.85. The van der Waals surface area contributed by atoms with E-state index in [1.807, 2.05) is 0 Å². The Bertz CT molecular complexity index is 533. The quantitative estimate of drug-likeness (QED) is 0.705. The van der Waals surface area contributed by atoms with Gasteiger partial charge in [0, 0.05) is 6.54 Å². The van der Waals surface area contributed by atoms with Crippen LogP contribution in [0.3, 0.4) is 0 Å². The van der Waals surface area contributed by atoms with E-state index in [9.17, 15) is 18.8 Å². The first-order chi connectivity index (χ1) is 9.45. The van der Waals surface area contributed by atoms with E-state index in [-0.39, 0.29) is 24.2 Å². The molecule has 0 aromatic heterocycles. The maximum absolute atomic E-state index is 13.9. The molecule has 0 aliphatic heterocycles. The molecule has 0 heterocycles. The molecule has 0 unspecified atom stereocenters. The number of hydrogen-bond acceptors (Lipinski definition) is 4. The number of carboxylic acid groups (broad SMARTS) is 1. The highest BCUT2D eigenvalue weighted by Crippen LogP contribution is 2.18. The fraction of sp³-hybridized carbons (Fsp3) is 0.250. The number of carbonyl (C=O) groups excluding carboxylic acids is 2. The third-order valence-electron chi connectivity index (χ3n) is 2.28. The number of esters is 1. The molecule has 0 bridgehead atoms. The van der Waals surface area contributed by atoms with Crippen molar-refractivity contribution in [2.75, 3.05) is 19.0 Å². The van der Waals surface area contributed by atoms with E-state index in [1.54, 1.807) is 0 Å². The van der Waals surface area contributed by atoms with Crippen LogP contribution >= 0.6 is 0 Å². The number of urea groups is 1. The highest BCUT2D eigenvalue weighted by molar-refractivity contribution is 5.94. The number of amides is 2. The summed E-state index contributed by atoms with van der Waals surface area (Å²) >= 11 is 0. The second kappa shape index (κ2) is 7.07. The summed E-state index contributed by atoms with van der Waals surface area (Å²) in [4.78, 5) is 32.9. The first-order valence-corrected chi connectivity index (χ1v) is 5.59. The van der Waals surface area contributed by atoms with E-state index in [0.717, 1.165) is 7.11 Å². The molecule has 0 saturated carbocycles. The Morgan fingerprint density at radius 3 is 2.65 bits per heavy atom. The first-order valence-electron chi connectivity index (χ1n) is 5.59. The molecule has 108 valence electrons. The zero-order valence-electron chi connectivity index (χ0n) is 10.6. The van der Waals surface area contributed by atoms with Crippen LogP contribution in [0.1, 0.15) is 16.8 Å². The lowest BCUT2D eigenvalue weighted by Gasteiger charge is -2.09. The number of anilines is 1. The summed E-state index contributed by atoms with van der Waals surface area (Å²) in [6.45, 7) is -0.0977. The van der Waals surface area contributed by atoms with Gasteiger partial charge in [0.05, 0.1) is 24.8 Å². The molecular weight excluding hydrogens is 271 g/mol. The van der Waals surface area contributed by atoms with Crippen LogP contribution in [0.4, 0.5) is 14.9 Å². The van der Waals surface area contributed by atoms with Gasteiger partial charge in [-0.2, -0.15) is 0 Å². The molecule has 2 amide bonds. The average molecular weight is 284 g/mol. The van der Waals surface area contributed by atoms with Crippen molar-refractivity contribution in [2.24, 2.45) is 0 Å². The van der Waals surface area contributed by atoms with Gasteiger partial charge in [-0.25, -0.2) is 14.0 Å². The Kier molecular flexibility index (Phi) is 5.45. The van der Waals surface area contributed by atoms with E-state index >= 15 is 0 Å². The number of carboxylic acids is 1. The predicted octanol–water partition coefficient (Wildman–Crippen LogP) is 1.21. The van der Waals surface area contributed by atoms with Gasteiger partial charge in [-0.15, -0.1) is 0 Å². The molecule has 0 fully saturated rings. The second-order valence-electron chi connectivity index (χ2n) is 3.68. The number of ether oxygens (including phenoxy) is 1. The van der Waals surface area contributed by atoms with Crippen LogP contribution in [0, 0.1) is 5.82 Å². The van der Waals surface area contributed by atoms with E-state index in [0.29, 0.717) is 0 Å². The summed E-state index contributed by atoms with van der Waals surface area (Å²) < 4.78 is 18.3. The molecular formula is C12H13FN2O5. The standard InChI is InChI=1S/C12H13FN2O5/c1-20-11(18)7-3-2-4-8(10(7)13)15-12(19)14-6-5-9(16)17/h2-4H,5-6H2,1H3,(H,16,17)(H2,14,15,19). The van der Waals surface area contributed by atoms with Gasteiger partial charge in [-0.05, 0) is 12.1 Å². The van der Waals surface area contributed by atoms with Gasteiger partial charge in [0.15, 0.2) is 5.82 Å². The van der Waals surface area contributed by atoms with Crippen molar-refractivity contribution in [1.82, 2.24) is 5.32 Å². The van der Waals surface area contributed by atoms with Crippen LogP contribution in [0.5, 0.6) is 0 Å². The largest absolute Gasteiger partial charge is 0.481 e. The number of halogens is 1. The van der Waals surface area contributed by atoms with Gasteiger partial charge >= 0.3 is 18.0 Å². The molecule has 7 nitrogen and oxygen atoms in total. The van der Waals surface area contributed by atoms with Crippen molar-refractivity contribution in [3.05, 3.63) is 29.6 Å². The number of rotatable bonds is 5.